The molecule has 5 nitrogen and oxygen atoms in total. The maximum absolute atomic E-state index is 13.4. The van der Waals surface area contributed by atoms with E-state index in [-0.39, 0.29) is 17.7 Å². The third-order valence-electron chi connectivity index (χ3n) is 5.15. The number of aromatic nitrogens is 2. The summed E-state index contributed by atoms with van der Waals surface area (Å²) in [4.78, 5) is 18.6. The third-order valence-corrected chi connectivity index (χ3v) is 5.15. The van der Waals surface area contributed by atoms with E-state index in [4.69, 9.17) is 4.52 Å². The van der Waals surface area contributed by atoms with Gasteiger partial charge in [0.1, 0.15) is 0 Å². The molecule has 7 heteroatoms. The zero-order valence-corrected chi connectivity index (χ0v) is 13.8. The van der Waals surface area contributed by atoms with Gasteiger partial charge >= 0.3 is 0 Å². The Morgan fingerprint density at radius 1 is 1.12 bits per heavy atom. The van der Waals surface area contributed by atoms with E-state index in [1.165, 1.54) is 25.3 Å². The predicted octanol–water partition coefficient (Wildman–Crippen LogP) is 3.66. The largest absolute Gasteiger partial charge is 0.339 e. The first-order chi connectivity index (χ1) is 12.1. The highest BCUT2D eigenvalue weighted by atomic mass is 19.2. The van der Waals surface area contributed by atoms with Crippen LogP contribution in [-0.4, -0.2) is 33.5 Å². The Hall–Kier alpha value is -2.31. The van der Waals surface area contributed by atoms with Gasteiger partial charge in [-0.1, -0.05) is 24.4 Å². The fourth-order valence-corrected chi connectivity index (χ4v) is 3.80. The van der Waals surface area contributed by atoms with Gasteiger partial charge in [0.15, 0.2) is 17.5 Å². The van der Waals surface area contributed by atoms with Crippen LogP contribution < -0.4 is 0 Å². The standard InChI is InChI=1S/C18H19F2N3O2/c19-14-7-6-11(8-15(14)20)18-21-17(22-25-18)12-9-16(24)23(10-12)13-4-2-1-3-5-13/h6-8,12-13H,1-5,9-10H2/t12-/m0/s1. The Balaban J connectivity index is 1.50. The van der Waals surface area contributed by atoms with Crippen LogP contribution in [0.4, 0.5) is 8.78 Å². The summed E-state index contributed by atoms with van der Waals surface area (Å²) >= 11 is 0. The maximum atomic E-state index is 13.4. The molecule has 1 aliphatic heterocycles. The lowest BCUT2D eigenvalue weighted by atomic mass is 9.94. The molecule has 2 aromatic rings. The molecule has 1 aromatic heterocycles. The van der Waals surface area contributed by atoms with Crippen molar-refractivity contribution in [2.45, 2.75) is 50.5 Å². The summed E-state index contributed by atoms with van der Waals surface area (Å²) < 4.78 is 31.6. The number of amides is 1. The molecule has 2 fully saturated rings. The van der Waals surface area contributed by atoms with Gasteiger partial charge in [-0.3, -0.25) is 4.79 Å². The minimum Gasteiger partial charge on any atom is -0.339 e. The van der Waals surface area contributed by atoms with Crippen molar-refractivity contribution in [3.05, 3.63) is 35.7 Å². The summed E-state index contributed by atoms with van der Waals surface area (Å²) in [5, 5.41) is 3.96. The number of carbonyl (C=O) groups excluding carboxylic acids is 1. The number of hydrogen-bond acceptors (Lipinski definition) is 4. The van der Waals surface area contributed by atoms with Gasteiger partial charge in [-0.25, -0.2) is 8.78 Å². The lowest BCUT2D eigenvalue weighted by Crippen LogP contribution is -2.37. The molecular weight excluding hydrogens is 328 g/mol. The van der Waals surface area contributed by atoms with Gasteiger partial charge in [0.25, 0.3) is 5.89 Å². The lowest BCUT2D eigenvalue weighted by Gasteiger charge is -2.31. The van der Waals surface area contributed by atoms with Crippen LogP contribution in [0.1, 0.15) is 50.3 Å². The van der Waals surface area contributed by atoms with Crippen molar-refractivity contribution in [3.63, 3.8) is 0 Å². The molecule has 0 unspecified atom stereocenters. The van der Waals surface area contributed by atoms with Gasteiger partial charge < -0.3 is 9.42 Å². The predicted molar refractivity (Wildman–Crippen MR) is 85.6 cm³/mol. The van der Waals surface area contributed by atoms with Crippen molar-refractivity contribution in [2.24, 2.45) is 0 Å². The number of likely N-dealkylation sites (tertiary alicyclic amines) is 1. The second-order valence-corrected chi connectivity index (χ2v) is 6.83. The maximum Gasteiger partial charge on any atom is 0.258 e. The molecule has 0 spiro atoms. The van der Waals surface area contributed by atoms with E-state index < -0.39 is 11.6 Å². The van der Waals surface area contributed by atoms with Gasteiger partial charge in [-0.15, -0.1) is 0 Å². The topological polar surface area (TPSA) is 59.2 Å². The van der Waals surface area contributed by atoms with Gasteiger partial charge in [0, 0.05) is 30.5 Å². The van der Waals surface area contributed by atoms with Crippen LogP contribution >= 0.6 is 0 Å². The third kappa shape index (κ3) is 3.15. The molecule has 1 saturated carbocycles. The van der Waals surface area contributed by atoms with Crippen molar-refractivity contribution in [1.82, 2.24) is 15.0 Å². The Bertz CT molecular complexity index is 786. The fraction of sp³-hybridized carbons (Fsp3) is 0.500. The van der Waals surface area contributed by atoms with Crippen molar-refractivity contribution in [3.8, 4) is 11.5 Å². The molecule has 0 bridgehead atoms. The Kier molecular flexibility index (Phi) is 4.23. The first-order valence-corrected chi connectivity index (χ1v) is 8.70. The van der Waals surface area contributed by atoms with Crippen LogP contribution in [0, 0.1) is 11.6 Å². The molecule has 2 heterocycles. The molecule has 25 heavy (non-hydrogen) atoms. The highest BCUT2D eigenvalue weighted by molar-refractivity contribution is 5.80. The van der Waals surface area contributed by atoms with Crippen LogP contribution in [0.2, 0.25) is 0 Å². The number of hydrogen-bond donors (Lipinski definition) is 0. The molecular formula is C18H19F2N3O2. The Morgan fingerprint density at radius 2 is 1.92 bits per heavy atom. The van der Waals surface area contributed by atoms with Gasteiger partial charge in [-0.2, -0.15) is 4.98 Å². The quantitative estimate of drug-likeness (QED) is 0.850. The number of halogens is 2. The Morgan fingerprint density at radius 3 is 2.68 bits per heavy atom. The first kappa shape index (κ1) is 16.2. The highest BCUT2D eigenvalue weighted by Crippen LogP contribution is 2.33. The molecule has 1 amide bonds. The van der Waals surface area contributed by atoms with E-state index in [1.54, 1.807) is 0 Å². The van der Waals surface area contributed by atoms with E-state index in [0.717, 1.165) is 25.0 Å². The van der Waals surface area contributed by atoms with E-state index in [0.29, 0.717) is 30.4 Å². The summed E-state index contributed by atoms with van der Waals surface area (Å²) in [6, 6.07) is 3.77. The van der Waals surface area contributed by atoms with E-state index >= 15 is 0 Å². The molecule has 1 atom stereocenters. The average Bonchev–Trinajstić information content (AvgIpc) is 3.25. The van der Waals surface area contributed by atoms with Gasteiger partial charge in [0.05, 0.1) is 0 Å². The molecule has 1 aromatic carbocycles. The lowest BCUT2D eigenvalue weighted by molar-refractivity contribution is -0.130. The zero-order valence-electron chi connectivity index (χ0n) is 13.8. The van der Waals surface area contributed by atoms with Crippen molar-refractivity contribution < 1.29 is 18.1 Å². The number of carbonyl (C=O) groups is 1. The van der Waals surface area contributed by atoms with Crippen LogP contribution in [0.15, 0.2) is 22.7 Å². The SMILES string of the molecule is O=C1C[C@H](c2noc(-c3ccc(F)c(F)c3)n2)CN1C1CCCCC1. The molecule has 1 aliphatic carbocycles. The second-order valence-electron chi connectivity index (χ2n) is 6.83. The van der Waals surface area contributed by atoms with Crippen LogP contribution in [0.25, 0.3) is 11.5 Å². The van der Waals surface area contributed by atoms with E-state index in [2.05, 4.69) is 10.1 Å². The molecule has 1 saturated heterocycles. The molecule has 132 valence electrons. The van der Waals surface area contributed by atoms with E-state index in [9.17, 15) is 13.6 Å². The Labute approximate surface area is 144 Å². The number of benzene rings is 1. The van der Waals surface area contributed by atoms with Crippen molar-refractivity contribution in [2.75, 3.05) is 6.54 Å². The van der Waals surface area contributed by atoms with Crippen LogP contribution in [0.5, 0.6) is 0 Å². The monoisotopic (exact) mass is 347 g/mol. The second kappa shape index (κ2) is 6.54. The summed E-state index contributed by atoms with van der Waals surface area (Å²) in [6.45, 7) is 0.597. The van der Waals surface area contributed by atoms with Gasteiger partial charge in [0.2, 0.25) is 5.91 Å². The normalized spacial score (nSPS) is 21.9. The number of nitrogens with zero attached hydrogens (tertiary/aromatic N) is 3. The van der Waals surface area contributed by atoms with Crippen LogP contribution in [-0.2, 0) is 4.79 Å². The summed E-state index contributed by atoms with van der Waals surface area (Å²) in [6.07, 6.45) is 6.07. The molecule has 4 rings (SSSR count). The number of rotatable bonds is 3. The molecule has 2 aliphatic rings. The molecule has 0 radical (unpaired) electrons. The van der Waals surface area contributed by atoms with Gasteiger partial charge in [-0.05, 0) is 31.0 Å². The minimum atomic E-state index is -0.961. The smallest absolute Gasteiger partial charge is 0.258 e. The summed E-state index contributed by atoms with van der Waals surface area (Å²) in [7, 11) is 0. The molecule has 0 N–H and O–H groups in total. The highest BCUT2D eigenvalue weighted by Gasteiger charge is 2.37. The zero-order chi connectivity index (χ0) is 17.4. The van der Waals surface area contributed by atoms with E-state index in [1.807, 2.05) is 4.90 Å². The van der Waals surface area contributed by atoms with Crippen LogP contribution in [0.3, 0.4) is 0 Å². The van der Waals surface area contributed by atoms with Crippen molar-refractivity contribution >= 4 is 5.91 Å². The average molecular weight is 347 g/mol. The van der Waals surface area contributed by atoms with Crippen molar-refractivity contribution in [1.29, 1.82) is 0 Å². The first-order valence-electron chi connectivity index (χ1n) is 8.70. The minimum absolute atomic E-state index is 0.114. The summed E-state index contributed by atoms with van der Waals surface area (Å²) in [5.74, 6) is -1.28. The fourth-order valence-electron chi connectivity index (χ4n) is 3.80. The summed E-state index contributed by atoms with van der Waals surface area (Å²) in [5.41, 5.74) is 0.325.